The molecule has 0 spiro atoms. The number of hydrogen-bond acceptors (Lipinski definition) is 4. The molecule has 0 amide bonds. The molecule has 0 bridgehead atoms. The lowest BCUT2D eigenvalue weighted by Crippen LogP contribution is -2.39. The van der Waals surface area contributed by atoms with Crippen LogP contribution in [0.3, 0.4) is 0 Å². The quantitative estimate of drug-likeness (QED) is 0.841. The zero-order chi connectivity index (χ0) is 13.2. The van der Waals surface area contributed by atoms with E-state index in [1.54, 1.807) is 6.07 Å². The lowest BCUT2D eigenvalue weighted by molar-refractivity contribution is 0.166. The summed E-state index contributed by atoms with van der Waals surface area (Å²) in [7, 11) is -1.48. The van der Waals surface area contributed by atoms with Crippen LogP contribution in [0.5, 0.6) is 0 Å². The lowest BCUT2D eigenvalue weighted by atomic mass is 9.71. The Morgan fingerprint density at radius 1 is 1.39 bits per heavy atom. The second-order valence-electron chi connectivity index (χ2n) is 5.24. The Labute approximate surface area is 113 Å². The predicted octanol–water partition coefficient (Wildman–Crippen LogP) is 1.94. The molecule has 1 aromatic rings. The lowest BCUT2D eigenvalue weighted by Gasteiger charge is -2.38. The molecule has 0 atom stereocenters. The van der Waals surface area contributed by atoms with Gasteiger partial charge in [0.15, 0.2) is 0 Å². The number of sulfonamides is 1. The summed E-state index contributed by atoms with van der Waals surface area (Å²) in [5.41, 5.74) is 0.165. The van der Waals surface area contributed by atoms with Gasteiger partial charge in [-0.1, -0.05) is 13.3 Å². The molecule has 1 fully saturated rings. The average Bonchev–Trinajstić information content (AvgIpc) is 2.74. The van der Waals surface area contributed by atoms with Crippen LogP contribution >= 0.6 is 11.3 Å². The topological polar surface area (TPSA) is 58.2 Å². The maximum atomic E-state index is 12.1. The maximum absolute atomic E-state index is 12.1. The van der Waals surface area contributed by atoms with E-state index in [0.29, 0.717) is 17.3 Å². The monoisotopic (exact) mass is 288 g/mol. The first-order valence-corrected chi connectivity index (χ1v) is 8.48. The highest BCUT2D eigenvalue weighted by molar-refractivity contribution is 7.91. The second kappa shape index (κ2) is 5.28. The molecule has 0 aliphatic heterocycles. The van der Waals surface area contributed by atoms with Crippen molar-refractivity contribution in [3.8, 4) is 0 Å². The number of nitrogens with one attached hydrogen (secondary N) is 2. The van der Waals surface area contributed by atoms with Gasteiger partial charge in [0, 0.05) is 18.0 Å². The summed E-state index contributed by atoms with van der Waals surface area (Å²) in [5, 5.41) is 3.02. The molecule has 1 aromatic heterocycles. The smallest absolute Gasteiger partial charge is 0.250 e. The van der Waals surface area contributed by atoms with Crippen LogP contribution in [-0.2, 0) is 16.6 Å². The van der Waals surface area contributed by atoms with Crippen LogP contribution in [0.25, 0.3) is 0 Å². The van der Waals surface area contributed by atoms with E-state index in [0.717, 1.165) is 17.7 Å². The minimum absolute atomic E-state index is 0.165. The molecule has 102 valence electrons. The Morgan fingerprint density at radius 3 is 2.67 bits per heavy atom. The number of rotatable bonds is 6. The van der Waals surface area contributed by atoms with Crippen molar-refractivity contribution in [1.82, 2.24) is 10.0 Å². The molecule has 6 heteroatoms. The third kappa shape index (κ3) is 3.12. The number of thiophene rings is 1. The second-order valence-corrected chi connectivity index (χ2v) is 8.40. The van der Waals surface area contributed by atoms with E-state index in [4.69, 9.17) is 0 Å². The van der Waals surface area contributed by atoms with Gasteiger partial charge in [-0.25, -0.2) is 13.1 Å². The van der Waals surface area contributed by atoms with Crippen LogP contribution in [0.15, 0.2) is 16.3 Å². The van der Waals surface area contributed by atoms with E-state index >= 15 is 0 Å². The van der Waals surface area contributed by atoms with Crippen LogP contribution in [-0.4, -0.2) is 22.0 Å². The molecule has 0 saturated heterocycles. The summed E-state index contributed by atoms with van der Waals surface area (Å²) in [5.74, 6) is 0. The van der Waals surface area contributed by atoms with E-state index in [1.165, 1.54) is 17.8 Å². The fourth-order valence-electron chi connectivity index (χ4n) is 2.07. The van der Waals surface area contributed by atoms with E-state index in [9.17, 15) is 8.42 Å². The predicted molar refractivity (Wildman–Crippen MR) is 74.2 cm³/mol. The Bertz CT molecular complexity index is 504. The van der Waals surface area contributed by atoms with Crippen molar-refractivity contribution in [2.75, 3.05) is 13.6 Å². The fourth-order valence-corrected chi connectivity index (χ4v) is 4.68. The molecule has 0 radical (unpaired) electrons. The molecule has 1 heterocycles. The Hall–Kier alpha value is -0.430. The van der Waals surface area contributed by atoms with Crippen molar-refractivity contribution in [1.29, 1.82) is 0 Å². The third-order valence-electron chi connectivity index (χ3n) is 3.50. The molecular formula is C12H20N2O2S2. The molecule has 0 unspecified atom stereocenters. The molecular weight excluding hydrogens is 268 g/mol. The molecule has 1 saturated carbocycles. The van der Waals surface area contributed by atoms with Crippen molar-refractivity contribution in [2.24, 2.45) is 5.41 Å². The van der Waals surface area contributed by atoms with Crippen LogP contribution in [0, 0.1) is 5.41 Å². The van der Waals surface area contributed by atoms with E-state index in [1.807, 2.05) is 13.1 Å². The molecule has 4 nitrogen and oxygen atoms in total. The van der Waals surface area contributed by atoms with Crippen molar-refractivity contribution < 1.29 is 8.42 Å². The van der Waals surface area contributed by atoms with Gasteiger partial charge in [-0.3, -0.25) is 0 Å². The fraction of sp³-hybridized carbons (Fsp3) is 0.667. The minimum atomic E-state index is -3.33. The largest absolute Gasteiger partial charge is 0.315 e. The van der Waals surface area contributed by atoms with Gasteiger partial charge in [-0.15, -0.1) is 11.3 Å². The molecule has 1 aliphatic rings. The van der Waals surface area contributed by atoms with Crippen molar-refractivity contribution in [3.05, 3.63) is 17.0 Å². The summed E-state index contributed by atoms with van der Waals surface area (Å²) in [4.78, 5) is 1.03. The van der Waals surface area contributed by atoms with Crippen molar-refractivity contribution in [3.63, 3.8) is 0 Å². The first-order valence-electron chi connectivity index (χ1n) is 6.18. The van der Waals surface area contributed by atoms with Gasteiger partial charge < -0.3 is 5.32 Å². The highest BCUT2D eigenvalue weighted by Crippen LogP contribution is 2.39. The van der Waals surface area contributed by atoms with Crippen LogP contribution in [0.2, 0.25) is 0 Å². The zero-order valence-electron chi connectivity index (χ0n) is 10.8. The summed E-state index contributed by atoms with van der Waals surface area (Å²) < 4.78 is 27.4. The maximum Gasteiger partial charge on any atom is 0.250 e. The highest BCUT2D eigenvalue weighted by atomic mass is 32.2. The SMILES string of the molecule is CNCc1ccc(S(=O)(=O)NCC2(C)CCC2)s1. The summed E-state index contributed by atoms with van der Waals surface area (Å²) in [6, 6.07) is 3.55. The van der Waals surface area contributed by atoms with Crippen molar-refractivity contribution >= 4 is 21.4 Å². The van der Waals surface area contributed by atoms with Gasteiger partial charge in [-0.05, 0) is 37.4 Å². The summed E-state index contributed by atoms with van der Waals surface area (Å²) in [6.45, 7) is 3.40. The van der Waals surface area contributed by atoms with E-state index in [-0.39, 0.29) is 5.41 Å². The summed E-state index contributed by atoms with van der Waals surface area (Å²) in [6.07, 6.45) is 3.44. The minimum Gasteiger partial charge on any atom is -0.315 e. The number of hydrogen-bond donors (Lipinski definition) is 2. The standard InChI is InChI=1S/C12H20N2O2S2/c1-12(6-3-7-12)9-14-18(15,16)11-5-4-10(17-11)8-13-2/h4-5,13-14H,3,6-9H2,1-2H3. The molecule has 2 rings (SSSR count). The molecule has 1 aliphatic carbocycles. The van der Waals surface area contributed by atoms with Gasteiger partial charge in [0.05, 0.1) is 0 Å². The third-order valence-corrected chi connectivity index (χ3v) is 6.48. The van der Waals surface area contributed by atoms with Gasteiger partial charge >= 0.3 is 0 Å². The Kier molecular flexibility index (Phi) is 4.11. The van der Waals surface area contributed by atoms with E-state index < -0.39 is 10.0 Å². The van der Waals surface area contributed by atoms with Crippen LogP contribution < -0.4 is 10.0 Å². The first kappa shape index (κ1) is 14.0. The first-order chi connectivity index (χ1) is 8.45. The van der Waals surface area contributed by atoms with Crippen LogP contribution in [0.4, 0.5) is 0 Å². The van der Waals surface area contributed by atoms with E-state index in [2.05, 4.69) is 17.0 Å². The summed E-state index contributed by atoms with van der Waals surface area (Å²) >= 11 is 1.33. The Morgan fingerprint density at radius 2 is 2.11 bits per heavy atom. The zero-order valence-corrected chi connectivity index (χ0v) is 12.5. The average molecular weight is 288 g/mol. The molecule has 18 heavy (non-hydrogen) atoms. The van der Waals surface area contributed by atoms with Gasteiger partial charge in [0.2, 0.25) is 10.0 Å². The van der Waals surface area contributed by atoms with Crippen molar-refractivity contribution in [2.45, 2.75) is 36.9 Å². The van der Waals surface area contributed by atoms with Gasteiger partial charge in [-0.2, -0.15) is 0 Å². The van der Waals surface area contributed by atoms with Crippen LogP contribution in [0.1, 0.15) is 31.1 Å². The molecule has 2 N–H and O–H groups in total. The normalized spacial score (nSPS) is 18.6. The van der Waals surface area contributed by atoms with Gasteiger partial charge in [0.1, 0.15) is 4.21 Å². The Balaban J connectivity index is 2.00. The molecule has 0 aromatic carbocycles. The highest BCUT2D eigenvalue weighted by Gasteiger charge is 2.33. The van der Waals surface area contributed by atoms with Gasteiger partial charge in [0.25, 0.3) is 0 Å².